The average molecular weight is 379 g/mol. The number of hydrogen-bond acceptors (Lipinski definition) is 4. The lowest BCUT2D eigenvalue weighted by Gasteiger charge is -2.33. The number of nitrogens with zero attached hydrogens (tertiary/aromatic N) is 3. The molecule has 2 aliphatic rings. The summed E-state index contributed by atoms with van der Waals surface area (Å²) in [5, 5.41) is 3.87. The van der Waals surface area contributed by atoms with Gasteiger partial charge in [0.05, 0.1) is 5.02 Å². The van der Waals surface area contributed by atoms with Crippen LogP contribution in [0.1, 0.15) is 45.4 Å². The molecule has 1 aromatic heterocycles. The fraction of sp³-hybridized carbons (Fsp3) is 0.700. The van der Waals surface area contributed by atoms with Gasteiger partial charge in [-0.3, -0.25) is 9.69 Å². The molecule has 0 aromatic carbocycles. The van der Waals surface area contributed by atoms with Gasteiger partial charge in [0.2, 0.25) is 5.91 Å². The Balaban J connectivity index is 1.34. The van der Waals surface area contributed by atoms with Crippen molar-refractivity contribution in [1.82, 2.24) is 15.2 Å². The first-order chi connectivity index (χ1) is 12.7. The van der Waals surface area contributed by atoms with Crippen LogP contribution in [0.3, 0.4) is 0 Å². The molecule has 0 radical (unpaired) electrons. The van der Waals surface area contributed by atoms with Crippen LogP contribution in [0, 0.1) is 5.92 Å². The van der Waals surface area contributed by atoms with E-state index in [1.807, 2.05) is 12.1 Å². The Morgan fingerprint density at radius 2 is 2.12 bits per heavy atom. The lowest BCUT2D eigenvalue weighted by atomic mass is 9.92. The SMILES string of the molecule is CCN1CCCC1CNC(=O)CCC1CCN(c2ncccc2Cl)CC1. The second-order valence-corrected chi connectivity index (χ2v) is 7.91. The van der Waals surface area contributed by atoms with E-state index in [1.165, 1.54) is 19.4 Å². The molecule has 3 rings (SSSR count). The Hall–Kier alpha value is -1.33. The van der Waals surface area contributed by atoms with Gasteiger partial charge in [0, 0.05) is 38.3 Å². The normalized spacial score (nSPS) is 21.9. The number of likely N-dealkylation sites (tertiary alicyclic amines) is 1. The molecule has 0 saturated carbocycles. The van der Waals surface area contributed by atoms with E-state index in [-0.39, 0.29) is 5.91 Å². The highest BCUT2D eigenvalue weighted by molar-refractivity contribution is 6.32. The van der Waals surface area contributed by atoms with Crippen LogP contribution in [0.2, 0.25) is 5.02 Å². The van der Waals surface area contributed by atoms with E-state index in [4.69, 9.17) is 11.6 Å². The van der Waals surface area contributed by atoms with E-state index in [1.54, 1.807) is 6.20 Å². The molecule has 0 aliphatic carbocycles. The van der Waals surface area contributed by atoms with Gasteiger partial charge in [-0.2, -0.15) is 0 Å². The zero-order chi connectivity index (χ0) is 18.4. The van der Waals surface area contributed by atoms with Gasteiger partial charge in [0.1, 0.15) is 5.82 Å². The third-order valence-electron chi connectivity index (χ3n) is 5.87. The molecule has 26 heavy (non-hydrogen) atoms. The van der Waals surface area contributed by atoms with Crippen LogP contribution in [-0.4, -0.2) is 54.6 Å². The van der Waals surface area contributed by atoms with Gasteiger partial charge >= 0.3 is 0 Å². The zero-order valence-electron chi connectivity index (χ0n) is 15.8. The van der Waals surface area contributed by atoms with Crippen LogP contribution in [0.4, 0.5) is 5.82 Å². The first kappa shape index (κ1) is 19.4. The van der Waals surface area contributed by atoms with Crippen molar-refractivity contribution < 1.29 is 4.79 Å². The standard InChI is InChI=1S/C20H31ClN4O/c1-2-24-12-4-5-17(24)15-23-19(26)8-7-16-9-13-25(14-10-16)20-18(21)6-3-11-22-20/h3,6,11,16-17H,2,4-5,7-10,12-15H2,1H3,(H,23,26). The number of halogens is 1. The molecule has 1 aromatic rings. The molecular formula is C20H31ClN4O. The molecule has 2 fully saturated rings. The van der Waals surface area contributed by atoms with E-state index in [9.17, 15) is 4.79 Å². The van der Waals surface area contributed by atoms with Crippen LogP contribution in [0.25, 0.3) is 0 Å². The van der Waals surface area contributed by atoms with Crippen molar-refractivity contribution in [2.24, 2.45) is 5.92 Å². The van der Waals surface area contributed by atoms with Gasteiger partial charge < -0.3 is 10.2 Å². The van der Waals surface area contributed by atoms with Crippen molar-refractivity contribution in [1.29, 1.82) is 0 Å². The van der Waals surface area contributed by atoms with Gasteiger partial charge in [0.25, 0.3) is 0 Å². The Labute approximate surface area is 162 Å². The Kier molecular flexibility index (Phi) is 7.15. The van der Waals surface area contributed by atoms with E-state index in [0.717, 1.165) is 56.3 Å². The molecule has 1 atom stereocenters. The van der Waals surface area contributed by atoms with Crippen molar-refractivity contribution in [2.45, 2.75) is 51.5 Å². The zero-order valence-corrected chi connectivity index (χ0v) is 16.5. The van der Waals surface area contributed by atoms with Crippen molar-refractivity contribution in [3.05, 3.63) is 23.4 Å². The van der Waals surface area contributed by atoms with Crippen LogP contribution in [0.5, 0.6) is 0 Å². The minimum Gasteiger partial charge on any atom is -0.355 e. The molecule has 144 valence electrons. The highest BCUT2D eigenvalue weighted by Gasteiger charge is 2.24. The molecule has 0 bridgehead atoms. The summed E-state index contributed by atoms with van der Waals surface area (Å²) in [4.78, 5) is 21.3. The number of hydrogen-bond donors (Lipinski definition) is 1. The summed E-state index contributed by atoms with van der Waals surface area (Å²) in [7, 11) is 0. The van der Waals surface area contributed by atoms with Crippen molar-refractivity contribution in [3.63, 3.8) is 0 Å². The molecule has 2 aliphatic heterocycles. The van der Waals surface area contributed by atoms with E-state index in [0.29, 0.717) is 18.4 Å². The lowest BCUT2D eigenvalue weighted by molar-refractivity contribution is -0.121. The van der Waals surface area contributed by atoms with Crippen LogP contribution in [0.15, 0.2) is 18.3 Å². The largest absolute Gasteiger partial charge is 0.355 e. The maximum atomic E-state index is 12.2. The first-order valence-corrected chi connectivity index (χ1v) is 10.4. The summed E-state index contributed by atoms with van der Waals surface area (Å²) in [6.45, 7) is 7.20. The van der Waals surface area contributed by atoms with Gasteiger partial charge in [-0.1, -0.05) is 18.5 Å². The number of likely N-dealkylation sites (N-methyl/N-ethyl adjacent to an activating group) is 1. The molecule has 1 unspecified atom stereocenters. The number of aromatic nitrogens is 1. The van der Waals surface area contributed by atoms with Gasteiger partial charge in [-0.25, -0.2) is 4.98 Å². The average Bonchev–Trinajstić information content (AvgIpc) is 3.13. The number of nitrogens with one attached hydrogen (secondary N) is 1. The van der Waals surface area contributed by atoms with Gasteiger partial charge in [0.15, 0.2) is 0 Å². The molecule has 6 heteroatoms. The predicted molar refractivity (Wildman–Crippen MR) is 107 cm³/mol. The topological polar surface area (TPSA) is 48.5 Å². The summed E-state index contributed by atoms with van der Waals surface area (Å²) >= 11 is 6.25. The maximum Gasteiger partial charge on any atom is 0.220 e. The molecule has 2 saturated heterocycles. The second-order valence-electron chi connectivity index (χ2n) is 7.51. The fourth-order valence-corrected chi connectivity index (χ4v) is 4.48. The highest BCUT2D eigenvalue weighted by Crippen LogP contribution is 2.29. The Bertz CT molecular complexity index is 589. The third-order valence-corrected chi connectivity index (χ3v) is 6.17. The Morgan fingerprint density at radius 3 is 2.85 bits per heavy atom. The van der Waals surface area contributed by atoms with Crippen molar-refractivity contribution >= 4 is 23.3 Å². The number of piperidine rings is 1. The molecule has 0 spiro atoms. The highest BCUT2D eigenvalue weighted by atomic mass is 35.5. The summed E-state index contributed by atoms with van der Waals surface area (Å²) in [5.41, 5.74) is 0. The minimum absolute atomic E-state index is 0.211. The van der Waals surface area contributed by atoms with Crippen molar-refractivity contribution in [2.75, 3.05) is 37.6 Å². The summed E-state index contributed by atoms with van der Waals surface area (Å²) in [6.07, 6.45) is 8.10. The third kappa shape index (κ3) is 5.10. The fourth-order valence-electron chi connectivity index (χ4n) is 4.24. The second kappa shape index (κ2) is 9.56. The van der Waals surface area contributed by atoms with Crippen LogP contribution in [-0.2, 0) is 4.79 Å². The number of carbonyl (C=O) groups is 1. The summed E-state index contributed by atoms with van der Waals surface area (Å²) in [5.74, 6) is 1.73. The van der Waals surface area contributed by atoms with E-state index < -0.39 is 0 Å². The van der Waals surface area contributed by atoms with Crippen LogP contribution < -0.4 is 10.2 Å². The summed E-state index contributed by atoms with van der Waals surface area (Å²) < 4.78 is 0. The molecule has 1 amide bonds. The van der Waals surface area contributed by atoms with Gasteiger partial charge in [-0.15, -0.1) is 0 Å². The van der Waals surface area contributed by atoms with E-state index >= 15 is 0 Å². The monoisotopic (exact) mass is 378 g/mol. The number of carbonyl (C=O) groups excluding carboxylic acids is 1. The quantitative estimate of drug-likeness (QED) is 0.790. The predicted octanol–water partition coefficient (Wildman–Crippen LogP) is 3.33. The Morgan fingerprint density at radius 1 is 1.31 bits per heavy atom. The summed E-state index contributed by atoms with van der Waals surface area (Å²) in [6, 6.07) is 4.29. The molecule has 5 nitrogen and oxygen atoms in total. The number of amides is 1. The molecule has 1 N–H and O–H groups in total. The van der Waals surface area contributed by atoms with E-state index in [2.05, 4.69) is 27.0 Å². The first-order valence-electron chi connectivity index (χ1n) is 10.0. The molecule has 3 heterocycles. The van der Waals surface area contributed by atoms with Gasteiger partial charge in [-0.05, 0) is 63.2 Å². The number of anilines is 1. The maximum absolute atomic E-state index is 12.2. The molecular weight excluding hydrogens is 348 g/mol. The number of pyridine rings is 1. The van der Waals surface area contributed by atoms with Crippen LogP contribution >= 0.6 is 11.6 Å². The minimum atomic E-state index is 0.211. The smallest absolute Gasteiger partial charge is 0.220 e. The lowest BCUT2D eigenvalue weighted by Crippen LogP contribution is -2.40. The number of rotatable bonds is 7. The van der Waals surface area contributed by atoms with Crippen molar-refractivity contribution in [3.8, 4) is 0 Å².